The minimum Gasteiger partial charge on any atom is -0.508 e. The zero-order valence-electron chi connectivity index (χ0n) is 11.8. The summed E-state index contributed by atoms with van der Waals surface area (Å²) in [5, 5.41) is 13.0. The summed E-state index contributed by atoms with van der Waals surface area (Å²) in [4.78, 5) is 0. The number of phenolic OH excluding ortho intramolecular Hbond substituents is 1. The molecule has 0 aromatic heterocycles. The van der Waals surface area contributed by atoms with Gasteiger partial charge in [0.25, 0.3) is 0 Å². The maximum absolute atomic E-state index is 9.63. The van der Waals surface area contributed by atoms with E-state index in [-0.39, 0.29) is 17.9 Å². The van der Waals surface area contributed by atoms with Crippen LogP contribution in [0, 0.1) is 6.92 Å². The highest BCUT2D eigenvalue weighted by molar-refractivity contribution is 5.42. The lowest BCUT2D eigenvalue weighted by Gasteiger charge is -2.32. The molecule has 2 aromatic carbocycles. The third-order valence-electron chi connectivity index (χ3n) is 3.85. The summed E-state index contributed by atoms with van der Waals surface area (Å²) in [6.07, 6.45) is 0.825. The second-order valence-electron chi connectivity index (χ2n) is 5.32. The molecule has 0 saturated carbocycles. The van der Waals surface area contributed by atoms with Crippen molar-refractivity contribution in [2.45, 2.75) is 25.5 Å². The van der Waals surface area contributed by atoms with Crippen LogP contribution < -0.4 is 10.1 Å². The fourth-order valence-corrected chi connectivity index (χ4v) is 2.79. The SMILES string of the molecule is CNC1CC(c2cccc(O)c2)Oc2ccc(C)cc21. The van der Waals surface area contributed by atoms with Crippen LogP contribution >= 0.6 is 0 Å². The van der Waals surface area contributed by atoms with Crippen molar-refractivity contribution in [3.63, 3.8) is 0 Å². The van der Waals surface area contributed by atoms with Crippen molar-refractivity contribution >= 4 is 0 Å². The lowest BCUT2D eigenvalue weighted by molar-refractivity contribution is 0.153. The summed E-state index contributed by atoms with van der Waals surface area (Å²) in [6.45, 7) is 2.09. The van der Waals surface area contributed by atoms with Gasteiger partial charge in [0.05, 0.1) is 0 Å². The summed E-state index contributed by atoms with van der Waals surface area (Å²) in [5.74, 6) is 1.20. The summed E-state index contributed by atoms with van der Waals surface area (Å²) in [6, 6.07) is 13.8. The molecule has 3 heteroatoms. The molecule has 2 N–H and O–H groups in total. The number of phenols is 1. The lowest BCUT2D eigenvalue weighted by atomic mass is 9.92. The average Bonchev–Trinajstić information content (AvgIpc) is 2.46. The largest absolute Gasteiger partial charge is 0.508 e. The fraction of sp³-hybridized carbons (Fsp3) is 0.294. The van der Waals surface area contributed by atoms with E-state index in [0.717, 1.165) is 17.7 Å². The maximum Gasteiger partial charge on any atom is 0.126 e. The first-order valence-corrected chi connectivity index (χ1v) is 6.91. The van der Waals surface area contributed by atoms with Crippen LogP contribution in [0.2, 0.25) is 0 Å². The predicted molar refractivity (Wildman–Crippen MR) is 79.1 cm³/mol. The van der Waals surface area contributed by atoms with E-state index in [2.05, 4.69) is 24.4 Å². The number of hydrogen-bond donors (Lipinski definition) is 2. The zero-order valence-corrected chi connectivity index (χ0v) is 11.8. The number of ether oxygens (including phenoxy) is 1. The summed E-state index contributed by atoms with van der Waals surface area (Å²) in [7, 11) is 1.97. The van der Waals surface area contributed by atoms with Gasteiger partial charge in [0.1, 0.15) is 17.6 Å². The van der Waals surface area contributed by atoms with Gasteiger partial charge >= 0.3 is 0 Å². The van der Waals surface area contributed by atoms with Crippen LogP contribution in [0.4, 0.5) is 0 Å². The highest BCUT2D eigenvalue weighted by atomic mass is 16.5. The van der Waals surface area contributed by atoms with Crippen molar-refractivity contribution in [2.24, 2.45) is 0 Å². The van der Waals surface area contributed by atoms with Gasteiger partial charge in [0, 0.05) is 18.0 Å². The van der Waals surface area contributed by atoms with Crippen LogP contribution in [0.15, 0.2) is 42.5 Å². The van der Waals surface area contributed by atoms with Crippen LogP contribution in [0.25, 0.3) is 0 Å². The van der Waals surface area contributed by atoms with Gasteiger partial charge in [-0.2, -0.15) is 0 Å². The van der Waals surface area contributed by atoms with E-state index < -0.39 is 0 Å². The highest BCUT2D eigenvalue weighted by Crippen LogP contribution is 2.41. The molecule has 3 rings (SSSR count). The Morgan fingerprint density at radius 2 is 2.05 bits per heavy atom. The van der Waals surface area contributed by atoms with Gasteiger partial charge in [-0.15, -0.1) is 0 Å². The van der Waals surface area contributed by atoms with Crippen molar-refractivity contribution in [3.8, 4) is 11.5 Å². The molecule has 3 nitrogen and oxygen atoms in total. The summed E-state index contributed by atoms with van der Waals surface area (Å²) >= 11 is 0. The van der Waals surface area contributed by atoms with Crippen LogP contribution in [-0.4, -0.2) is 12.2 Å². The van der Waals surface area contributed by atoms with Gasteiger partial charge in [-0.1, -0.05) is 29.8 Å². The van der Waals surface area contributed by atoms with Crippen molar-refractivity contribution in [1.82, 2.24) is 5.32 Å². The molecule has 1 aliphatic rings. The standard InChI is InChI=1S/C17H19NO2/c1-11-6-7-16-14(8-11)15(18-2)10-17(20-16)12-4-3-5-13(19)9-12/h3-9,15,17-19H,10H2,1-2H3. The van der Waals surface area contributed by atoms with Crippen molar-refractivity contribution < 1.29 is 9.84 Å². The van der Waals surface area contributed by atoms with Gasteiger partial charge in [0.2, 0.25) is 0 Å². The van der Waals surface area contributed by atoms with Crippen LogP contribution in [0.1, 0.15) is 35.3 Å². The van der Waals surface area contributed by atoms with E-state index in [0.29, 0.717) is 0 Å². The molecule has 0 bridgehead atoms. The van der Waals surface area contributed by atoms with Crippen LogP contribution in [0.3, 0.4) is 0 Å². The van der Waals surface area contributed by atoms with Crippen molar-refractivity contribution in [2.75, 3.05) is 7.05 Å². The molecule has 0 aliphatic carbocycles. The summed E-state index contributed by atoms with van der Waals surface area (Å²) in [5.41, 5.74) is 3.46. The minimum atomic E-state index is -0.0326. The van der Waals surface area contributed by atoms with Crippen LogP contribution in [0.5, 0.6) is 11.5 Å². The van der Waals surface area contributed by atoms with Gasteiger partial charge in [-0.3, -0.25) is 0 Å². The molecular formula is C17H19NO2. The van der Waals surface area contributed by atoms with Crippen molar-refractivity contribution in [1.29, 1.82) is 0 Å². The Bertz CT molecular complexity index is 624. The topological polar surface area (TPSA) is 41.5 Å². The molecule has 0 amide bonds. The molecular weight excluding hydrogens is 250 g/mol. The quantitative estimate of drug-likeness (QED) is 0.877. The number of rotatable bonds is 2. The number of hydrogen-bond acceptors (Lipinski definition) is 3. The Balaban J connectivity index is 1.96. The first-order valence-electron chi connectivity index (χ1n) is 6.91. The van der Waals surface area contributed by atoms with Gasteiger partial charge in [0.15, 0.2) is 0 Å². The third-order valence-corrected chi connectivity index (χ3v) is 3.85. The van der Waals surface area contributed by atoms with E-state index in [9.17, 15) is 5.11 Å². The Morgan fingerprint density at radius 1 is 1.20 bits per heavy atom. The lowest BCUT2D eigenvalue weighted by Crippen LogP contribution is -2.26. The average molecular weight is 269 g/mol. The number of benzene rings is 2. The highest BCUT2D eigenvalue weighted by Gasteiger charge is 2.28. The minimum absolute atomic E-state index is 0.0326. The number of nitrogens with one attached hydrogen (secondary N) is 1. The molecule has 2 aromatic rings. The first-order chi connectivity index (χ1) is 9.67. The zero-order chi connectivity index (χ0) is 14.1. The van der Waals surface area contributed by atoms with E-state index in [1.54, 1.807) is 12.1 Å². The molecule has 20 heavy (non-hydrogen) atoms. The maximum atomic E-state index is 9.63. The van der Waals surface area contributed by atoms with Gasteiger partial charge in [-0.25, -0.2) is 0 Å². The first kappa shape index (κ1) is 13.0. The Morgan fingerprint density at radius 3 is 2.80 bits per heavy atom. The molecule has 1 heterocycles. The Hall–Kier alpha value is -2.00. The molecule has 2 unspecified atom stereocenters. The normalized spacial score (nSPS) is 21.1. The van der Waals surface area contributed by atoms with Gasteiger partial charge in [-0.05, 0) is 37.7 Å². The fourth-order valence-electron chi connectivity index (χ4n) is 2.79. The number of aryl methyl sites for hydroxylation is 1. The van der Waals surface area contributed by atoms with E-state index in [1.807, 2.05) is 25.2 Å². The smallest absolute Gasteiger partial charge is 0.126 e. The Labute approximate surface area is 119 Å². The van der Waals surface area contributed by atoms with Gasteiger partial charge < -0.3 is 15.2 Å². The van der Waals surface area contributed by atoms with E-state index in [4.69, 9.17) is 4.74 Å². The molecule has 2 atom stereocenters. The van der Waals surface area contributed by atoms with Crippen molar-refractivity contribution in [3.05, 3.63) is 59.2 Å². The molecule has 0 spiro atoms. The monoisotopic (exact) mass is 269 g/mol. The number of aromatic hydroxyl groups is 1. The molecule has 0 saturated heterocycles. The second kappa shape index (κ2) is 5.17. The predicted octanol–water partition coefficient (Wildman–Crippen LogP) is 3.48. The molecule has 1 aliphatic heterocycles. The second-order valence-corrected chi connectivity index (χ2v) is 5.32. The van der Waals surface area contributed by atoms with E-state index >= 15 is 0 Å². The molecule has 104 valence electrons. The van der Waals surface area contributed by atoms with Crippen LogP contribution in [-0.2, 0) is 0 Å². The molecule has 0 radical (unpaired) electrons. The molecule has 0 fully saturated rings. The third kappa shape index (κ3) is 2.37. The van der Waals surface area contributed by atoms with E-state index in [1.165, 1.54) is 11.1 Å². The summed E-state index contributed by atoms with van der Waals surface area (Å²) < 4.78 is 6.11. The Kier molecular flexibility index (Phi) is 3.36. The number of fused-ring (bicyclic) bond motifs is 1.